The second kappa shape index (κ2) is 8.60. The molecule has 1 N–H and O–H groups in total. The van der Waals surface area contributed by atoms with Gasteiger partial charge in [-0.25, -0.2) is 26.9 Å². The lowest BCUT2D eigenvalue weighted by Crippen LogP contribution is -2.42. The number of carbonyl (C=O) groups excluding carboxylic acids is 1. The molecule has 0 bridgehead atoms. The predicted octanol–water partition coefficient (Wildman–Crippen LogP) is 6.64. The van der Waals surface area contributed by atoms with Gasteiger partial charge in [-0.1, -0.05) is 11.6 Å². The Morgan fingerprint density at radius 3 is 2.15 bits per heavy atom. The van der Waals surface area contributed by atoms with E-state index in [9.17, 15) is 26.7 Å². The minimum Gasteiger partial charge on any atom is -0.478 e. The average molecular weight is 497 g/mol. The van der Waals surface area contributed by atoms with E-state index < -0.39 is 52.0 Å². The molecule has 0 fully saturated rings. The van der Waals surface area contributed by atoms with Crippen LogP contribution in [0.15, 0.2) is 46.9 Å². The van der Waals surface area contributed by atoms with Gasteiger partial charge in [0.05, 0.1) is 0 Å². The molecule has 0 spiro atoms. The van der Waals surface area contributed by atoms with Crippen LogP contribution in [0.5, 0.6) is 5.75 Å². The number of halogens is 6. The van der Waals surface area contributed by atoms with Gasteiger partial charge in [-0.05, 0) is 56.3 Å². The summed E-state index contributed by atoms with van der Waals surface area (Å²) in [7, 11) is 0. The van der Waals surface area contributed by atoms with Gasteiger partial charge in [-0.15, -0.1) is 0 Å². The molecule has 1 amide bonds. The van der Waals surface area contributed by atoms with E-state index in [1.807, 2.05) is 0 Å². The lowest BCUT2D eigenvalue weighted by Gasteiger charge is -2.25. The number of rotatable bonds is 5. The van der Waals surface area contributed by atoms with Crippen molar-refractivity contribution >= 4 is 34.3 Å². The number of amides is 1. The monoisotopic (exact) mass is 496 g/mol. The van der Waals surface area contributed by atoms with Crippen molar-refractivity contribution in [2.75, 3.05) is 5.32 Å². The quantitative estimate of drug-likeness (QED) is 0.191. The first kappa shape index (κ1) is 23.5. The molecular formula is C23H14ClF5N2O3. The number of aromatic nitrogens is 1. The fourth-order valence-electron chi connectivity index (χ4n) is 3.03. The molecule has 11 heteroatoms. The Morgan fingerprint density at radius 2 is 1.53 bits per heavy atom. The molecule has 4 aromatic rings. The third-order valence-corrected chi connectivity index (χ3v) is 5.05. The molecule has 0 unspecified atom stereocenters. The summed E-state index contributed by atoms with van der Waals surface area (Å²) in [5.74, 6) is -11.6. The lowest BCUT2D eigenvalue weighted by atomic mass is 10.1. The third-order valence-electron chi connectivity index (χ3n) is 4.80. The van der Waals surface area contributed by atoms with Crippen molar-refractivity contribution in [3.05, 3.63) is 76.6 Å². The minimum absolute atomic E-state index is 0.00591. The summed E-state index contributed by atoms with van der Waals surface area (Å²) in [4.78, 5) is 16.6. The minimum atomic E-state index is -2.29. The Balaban J connectivity index is 1.61. The van der Waals surface area contributed by atoms with Gasteiger partial charge in [0, 0.05) is 10.7 Å². The van der Waals surface area contributed by atoms with Crippen LogP contribution in [-0.2, 0) is 4.79 Å². The van der Waals surface area contributed by atoms with E-state index >= 15 is 0 Å². The van der Waals surface area contributed by atoms with E-state index in [4.69, 9.17) is 20.8 Å². The molecule has 0 aliphatic heterocycles. The molecular weight excluding hydrogens is 483 g/mol. The largest absolute Gasteiger partial charge is 0.478 e. The van der Waals surface area contributed by atoms with E-state index in [0.29, 0.717) is 10.8 Å². The number of anilines is 1. The molecule has 5 nitrogen and oxygen atoms in total. The molecule has 1 aromatic heterocycles. The summed E-state index contributed by atoms with van der Waals surface area (Å²) >= 11 is 5.84. The van der Waals surface area contributed by atoms with Gasteiger partial charge in [0.25, 0.3) is 5.91 Å². The molecule has 0 aliphatic rings. The van der Waals surface area contributed by atoms with Gasteiger partial charge in [0.2, 0.25) is 11.7 Å². The first-order chi connectivity index (χ1) is 16.0. The predicted molar refractivity (Wildman–Crippen MR) is 114 cm³/mol. The van der Waals surface area contributed by atoms with Crippen LogP contribution >= 0.6 is 11.6 Å². The zero-order chi connectivity index (χ0) is 24.8. The van der Waals surface area contributed by atoms with Crippen molar-refractivity contribution in [2.24, 2.45) is 0 Å². The maximum Gasteiger partial charge on any atom is 0.267 e. The topological polar surface area (TPSA) is 64.4 Å². The fraction of sp³-hybridized carbons (Fsp3) is 0.130. The van der Waals surface area contributed by atoms with Crippen LogP contribution < -0.4 is 10.1 Å². The molecule has 0 atom stereocenters. The second-order valence-electron chi connectivity index (χ2n) is 7.67. The highest BCUT2D eigenvalue weighted by molar-refractivity contribution is 6.30. The maximum atomic E-state index is 14.1. The molecule has 3 aromatic carbocycles. The Hall–Kier alpha value is -3.66. The number of nitrogens with zero attached hydrogens (tertiary/aromatic N) is 1. The summed E-state index contributed by atoms with van der Waals surface area (Å²) in [5, 5.41) is 3.11. The Labute approximate surface area is 194 Å². The zero-order valence-corrected chi connectivity index (χ0v) is 18.2. The summed E-state index contributed by atoms with van der Waals surface area (Å²) in [6.07, 6.45) is 0. The number of carbonyl (C=O) groups is 1. The van der Waals surface area contributed by atoms with Crippen molar-refractivity contribution in [3.8, 4) is 17.2 Å². The highest BCUT2D eigenvalue weighted by Crippen LogP contribution is 2.33. The van der Waals surface area contributed by atoms with Crippen molar-refractivity contribution in [1.29, 1.82) is 0 Å². The molecule has 0 saturated heterocycles. The van der Waals surface area contributed by atoms with Gasteiger partial charge >= 0.3 is 0 Å². The molecule has 0 radical (unpaired) electrons. The molecule has 34 heavy (non-hydrogen) atoms. The van der Waals surface area contributed by atoms with Crippen LogP contribution in [0.2, 0.25) is 5.02 Å². The first-order valence-electron chi connectivity index (χ1n) is 9.66. The smallest absolute Gasteiger partial charge is 0.267 e. The van der Waals surface area contributed by atoms with E-state index in [2.05, 4.69) is 10.3 Å². The summed E-state index contributed by atoms with van der Waals surface area (Å²) in [5.41, 5.74) is -2.38. The standard InChI is InChI=1S/C23H14ClF5N2O3/c1-23(2,34-12-6-3-10(24)4-7-12)22(32)30-11-5-8-14-13(9-11)31-21(33-14)15-16(25)18(27)20(29)19(28)17(15)26/h3-9H,1-2H3,(H,30,32). The number of fused-ring (bicyclic) bond motifs is 1. The SMILES string of the molecule is CC(C)(Oc1ccc(Cl)cc1)C(=O)Nc1ccc2oc(-c3c(F)c(F)c(F)c(F)c3F)nc2c1. The average Bonchev–Trinajstić information content (AvgIpc) is 3.20. The number of hydrogen-bond donors (Lipinski definition) is 1. The first-order valence-corrected chi connectivity index (χ1v) is 10.0. The van der Waals surface area contributed by atoms with Gasteiger partial charge in [-0.3, -0.25) is 4.79 Å². The van der Waals surface area contributed by atoms with Gasteiger partial charge in [0.15, 0.2) is 34.5 Å². The Morgan fingerprint density at radius 1 is 0.941 bits per heavy atom. The molecule has 0 saturated carbocycles. The highest BCUT2D eigenvalue weighted by Gasteiger charge is 2.31. The van der Waals surface area contributed by atoms with E-state index in [1.165, 1.54) is 32.0 Å². The van der Waals surface area contributed by atoms with Crippen LogP contribution in [0.3, 0.4) is 0 Å². The van der Waals surface area contributed by atoms with E-state index in [-0.39, 0.29) is 16.8 Å². The summed E-state index contributed by atoms with van der Waals surface area (Å²) in [6, 6.07) is 10.4. The van der Waals surface area contributed by atoms with Crippen LogP contribution in [0.1, 0.15) is 13.8 Å². The number of benzene rings is 3. The number of hydrogen-bond acceptors (Lipinski definition) is 4. The van der Waals surface area contributed by atoms with Gasteiger partial charge < -0.3 is 14.5 Å². The van der Waals surface area contributed by atoms with Gasteiger partial charge in [-0.2, -0.15) is 0 Å². The maximum absolute atomic E-state index is 14.1. The van der Waals surface area contributed by atoms with Crippen LogP contribution in [0, 0.1) is 29.1 Å². The van der Waals surface area contributed by atoms with Crippen molar-refractivity contribution in [2.45, 2.75) is 19.4 Å². The molecule has 0 aliphatic carbocycles. The number of ether oxygens (including phenoxy) is 1. The van der Waals surface area contributed by atoms with Crippen LogP contribution in [0.25, 0.3) is 22.6 Å². The van der Waals surface area contributed by atoms with Crippen molar-refractivity contribution in [3.63, 3.8) is 0 Å². The second-order valence-corrected chi connectivity index (χ2v) is 8.10. The lowest BCUT2D eigenvalue weighted by molar-refractivity contribution is -0.128. The molecule has 176 valence electrons. The normalized spacial score (nSPS) is 11.6. The van der Waals surface area contributed by atoms with Crippen molar-refractivity contribution in [1.82, 2.24) is 4.98 Å². The number of oxazole rings is 1. The number of nitrogens with one attached hydrogen (secondary N) is 1. The molecule has 4 rings (SSSR count). The van der Waals surface area contributed by atoms with E-state index in [0.717, 1.165) is 0 Å². The zero-order valence-electron chi connectivity index (χ0n) is 17.5. The summed E-state index contributed by atoms with van der Waals surface area (Å²) in [6.45, 7) is 3.07. The summed E-state index contributed by atoms with van der Waals surface area (Å²) < 4.78 is 79.5. The highest BCUT2D eigenvalue weighted by atomic mass is 35.5. The Kier molecular flexibility index (Phi) is 5.94. The van der Waals surface area contributed by atoms with Crippen molar-refractivity contribution < 1.29 is 35.9 Å². The molecule has 1 heterocycles. The Bertz CT molecular complexity index is 1390. The van der Waals surface area contributed by atoms with Crippen LogP contribution in [-0.4, -0.2) is 16.5 Å². The fourth-order valence-corrected chi connectivity index (χ4v) is 3.16. The van der Waals surface area contributed by atoms with Gasteiger partial charge in [0.1, 0.15) is 16.8 Å². The van der Waals surface area contributed by atoms with E-state index in [1.54, 1.807) is 24.3 Å². The third kappa shape index (κ3) is 4.28. The van der Waals surface area contributed by atoms with Crippen LogP contribution in [0.4, 0.5) is 27.6 Å².